The fourth-order valence-corrected chi connectivity index (χ4v) is 1.02. The smallest absolute Gasteiger partial charge is 0.389 e. The summed E-state index contributed by atoms with van der Waals surface area (Å²) in [6.07, 6.45) is -4.41. The minimum atomic E-state index is -4.41. The molecule has 0 radical (unpaired) electrons. The normalized spacial score (nSPS) is 11.9. The minimum absolute atomic E-state index is 0.285. The van der Waals surface area contributed by atoms with Crippen molar-refractivity contribution in [1.29, 1.82) is 0 Å². The molecule has 1 aromatic rings. The van der Waals surface area contributed by atoms with Crippen molar-refractivity contribution in [1.82, 2.24) is 4.98 Å². The van der Waals surface area contributed by atoms with E-state index in [1.54, 1.807) is 0 Å². The predicted octanol–water partition coefficient (Wildman–Crippen LogP) is 1.74. The molecule has 1 rings (SSSR count). The average Bonchev–Trinajstić information content (AvgIpc) is 2.11. The molecular formula is C4H3F3N2S. The maximum absolute atomic E-state index is 11.7. The Hall–Kier alpha value is -0.780. The number of nitrogens with zero attached hydrogens (tertiary/aromatic N) is 1. The Balaban J connectivity index is 3.05. The van der Waals surface area contributed by atoms with Crippen molar-refractivity contribution in [2.45, 2.75) is 6.18 Å². The molecule has 1 aromatic heterocycles. The largest absolute Gasteiger partial charge is 0.436 e. The van der Waals surface area contributed by atoms with Gasteiger partial charge in [0.25, 0.3) is 0 Å². The summed E-state index contributed by atoms with van der Waals surface area (Å²) < 4.78 is 35.2. The third-order valence-corrected chi connectivity index (χ3v) is 1.52. The molecule has 0 aromatic carbocycles. The van der Waals surface area contributed by atoms with Gasteiger partial charge < -0.3 is 5.73 Å². The van der Waals surface area contributed by atoms with Crippen LogP contribution in [0, 0.1) is 0 Å². The van der Waals surface area contributed by atoms with Crippen molar-refractivity contribution < 1.29 is 13.2 Å². The Morgan fingerprint density at radius 1 is 1.50 bits per heavy atom. The fourth-order valence-electron chi connectivity index (χ4n) is 0.468. The van der Waals surface area contributed by atoms with Gasteiger partial charge in [-0.25, -0.2) is 4.98 Å². The van der Waals surface area contributed by atoms with Crippen LogP contribution in [-0.4, -0.2) is 4.98 Å². The molecule has 2 N–H and O–H groups in total. The highest BCUT2D eigenvalue weighted by atomic mass is 32.1. The first-order chi connectivity index (χ1) is 4.52. The molecule has 56 valence electrons. The van der Waals surface area contributed by atoms with Gasteiger partial charge in [0, 0.05) is 0 Å². The summed E-state index contributed by atoms with van der Waals surface area (Å²) in [6.45, 7) is 0. The van der Waals surface area contributed by atoms with Gasteiger partial charge in [0.05, 0.1) is 5.51 Å². The van der Waals surface area contributed by atoms with Crippen molar-refractivity contribution in [2.75, 3.05) is 5.73 Å². The van der Waals surface area contributed by atoms with Gasteiger partial charge in [-0.2, -0.15) is 13.2 Å². The van der Waals surface area contributed by atoms with E-state index in [9.17, 15) is 13.2 Å². The molecule has 0 aliphatic rings. The zero-order valence-corrected chi connectivity index (χ0v) is 5.46. The van der Waals surface area contributed by atoms with Gasteiger partial charge in [0.2, 0.25) is 0 Å². The van der Waals surface area contributed by atoms with Crippen molar-refractivity contribution in [3.8, 4) is 0 Å². The minimum Gasteiger partial charge on any atom is -0.389 e. The summed E-state index contributed by atoms with van der Waals surface area (Å²) in [5.41, 5.74) is 5.04. The predicted molar refractivity (Wildman–Crippen MR) is 31.5 cm³/mol. The number of hydrogen-bond acceptors (Lipinski definition) is 3. The molecule has 0 unspecified atom stereocenters. The van der Waals surface area contributed by atoms with Gasteiger partial charge in [-0.05, 0) is 0 Å². The van der Waals surface area contributed by atoms with E-state index in [-0.39, 0.29) is 5.00 Å². The van der Waals surface area contributed by atoms with Crippen LogP contribution in [-0.2, 0) is 6.18 Å². The number of aromatic nitrogens is 1. The molecule has 10 heavy (non-hydrogen) atoms. The molecule has 0 bridgehead atoms. The maximum Gasteiger partial charge on any atom is 0.436 e. The zero-order chi connectivity index (χ0) is 7.78. The summed E-state index contributed by atoms with van der Waals surface area (Å²) in [5, 5.41) is -0.285. The lowest BCUT2D eigenvalue weighted by Crippen LogP contribution is -2.07. The van der Waals surface area contributed by atoms with E-state index in [0.29, 0.717) is 0 Å². The van der Waals surface area contributed by atoms with E-state index in [4.69, 9.17) is 5.73 Å². The van der Waals surface area contributed by atoms with Crippen LogP contribution in [0.25, 0.3) is 0 Å². The first-order valence-electron chi connectivity index (χ1n) is 2.28. The van der Waals surface area contributed by atoms with Crippen LogP contribution >= 0.6 is 11.3 Å². The molecule has 0 aliphatic carbocycles. The monoisotopic (exact) mass is 168 g/mol. The zero-order valence-electron chi connectivity index (χ0n) is 4.64. The molecule has 0 fully saturated rings. The lowest BCUT2D eigenvalue weighted by Gasteiger charge is -2.01. The summed E-state index contributed by atoms with van der Waals surface area (Å²) in [6, 6.07) is 0. The quantitative estimate of drug-likeness (QED) is 0.640. The van der Waals surface area contributed by atoms with Crippen molar-refractivity contribution in [3.05, 3.63) is 11.2 Å². The molecule has 1 heterocycles. The number of rotatable bonds is 0. The molecule has 0 amide bonds. The van der Waals surface area contributed by atoms with Crippen molar-refractivity contribution >= 4 is 16.3 Å². The highest BCUT2D eigenvalue weighted by molar-refractivity contribution is 7.13. The Labute approximate surface area is 58.5 Å². The number of halogens is 3. The Morgan fingerprint density at radius 3 is 2.30 bits per heavy atom. The van der Waals surface area contributed by atoms with E-state index in [0.717, 1.165) is 16.8 Å². The number of anilines is 1. The Bertz CT molecular complexity index is 229. The highest BCUT2D eigenvalue weighted by Gasteiger charge is 2.35. The topological polar surface area (TPSA) is 38.9 Å². The Morgan fingerprint density at radius 2 is 2.10 bits per heavy atom. The molecule has 6 heteroatoms. The Kier molecular flexibility index (Phi) is 1.55. The molecule has 0 spiro atoms. The van der Waals surface area contributed by atoms with E-state index in [1.165, 1.54) is 0 Å². The first-order valence-corrected chi connectivity index (χ1v) is 3.16. The molecule has 0 aliphatic heterocycles. The van der Waals surface area contributed by atoms with Gasteiger partial charge in [0.1, 0.15) is 5.00 Å². The second-order valence-electron chi connectivity index (χ2n) is 1.56. The van der Waals surface area contributed by atoms with Crippen molar-refractivity contribution in [3.63, 3.8) is 0 Å². The van der Waals surface area contributed by atoms with Crippen LogP contribution in [0.4, 0.5) is 18.2 Å². The number of thiazole rings is 1. The van der Waals surface area contributed by atoms with Crippen LogP contribution in [0.3, 0.4) is 0 Å². The summed E-state index contributed by atoms with van der Waals surface area (Å²) in [4.78, 5) is 3.06. The molecule has 2 nitrogen and oxygen atoms in total. The van der Waals surface area contributed by atoms with Crippen LogP contribution in [0.5, 0.6) is 0 Å². The van der Waals surface area contributed by atoms with Gasteiger partial charge in [-0.3, -0.25) is 0 Å². The maximum atomic E-state index is 11.7. The number of alkyl halides is 3. The lowest BCUT2D eigenvalue weighted by molar-refractivity contribution is -0.140. The lowest BCUT2D eigenvalue weighted by atomic mass is 10.4. The second kappa shape index (κ2) is 2.12. The van der Waals surface area contributed by atoms with Gasteiger partial charge in [-0.15, -0.1) is 11.3 Å². The summed E-state index contributed by atoms with van der Waals surface area (Å²) in [7, 11) is 0. The number of nitrogen functional groups attached to an aromatic ring is 1. The van der Waals surface area contributed by atoms with Gasteiger partial charge >= 0.3 is 6.18 Å². The third kappa shape index (κ3) is 1.21. The molecule has 0 atom stereocenters. The van der Waals surface area contributed by atoms with E-state index in [1.807, 2.05) is 0 Å². The van der Waals surface area contributed by atoms with Crippen LogP contribution in [0.1, 0.15) is 5.69 Å². The highest BCUT2D eigenvalue weighted by Crippen LogP contribution is 2.33. The first kappa shape index (κ1) is 7.33. The average molecular weight is 168 g/mol. The van der Waals surface area contributed by atoms with E-state index >= 15 is 0 Å². The SMILES string of the molecule is Nc1scnc1C(F)(F)F. The van der Waals surface area contributed by atoms with Crippen molar-refractivity contribution in [2.24, 2.45) is 0 Å². The number of nitrogens with two attached hydrogens (primary N) is 1. The van der Waals surface area contributed by atoms with E-state index < -0.39 is 11.9 Å². The van der Waals surface area contributed by atoms with Gasteiger partial charge in [0.15, 0.2) is 5.69 Å². The van der Waals surface area contributed by atoms with Crippen LogP contribution in [0.15, 0.2) is 5.51 Å². The fraction of sp³-hybridized carbons (Fsp3) is 0.250. The number of hydrogen-bond donors (Lipinski definition) is 1. The molecular weight excluding hydrogens is 165 g/mol. The van der Waals surface area contributed by atoms with E-state index in [2.05, 4.69) is 4.98 Å². The van der Waals surface area contributed by atoms with Gasteiger partial charge in [-0.1, -0.05) is 0 Å². The van der Waals surface area contributed by atoms with Crippen LogP contribution in [0.2, 0.25) is 0 Å². The van der Waals surface area contributed by atoms with Crippen LogP contribution < -0.4 is 5.73 Å². The summed E-state index contributed by atoms with van der Waals surface area (Å²) >= 11 is 0.778. The second-order valence-corrected chi connectivity index (χ2v) is 2.45. The molecule has 0 saturated heterocycles. The third-order valence-electron chi connectivity index (χ3n) is 0.863. The summed E-state index contributed by atoms with van der Waals surface area (Å²) in [5.74, 6) is 0. The standard InChI is InChI=1S/C4H3F3N2S/c5-4(6,7)2-3(8)10-1-9-2/h1H,8H2. The molecule has 0 saturated carbocycles.